The number of aliphatic hydroxyl groups is 2. The number of alkyl halides is 3. The highest BCUT2D eigenvalue weighted by molar-refractivity contribution is 6.13. The van der Waals surface area contributed by atoms with Crippen molar-refractivity contribution < 1.29 is 42.8 Å². The highest BCUT2D eigenvalue weighted by Crippen LogP contribution is 2.56. The van der Waals surface area contributed by atoms with Gasteiger partial charge in [0.15, 0.2) is 5.78 Å². The first-order chi connectivity index (χ1) is 20.6. The molecule has 2 aromatic rings. The van der Waals surface area contributed by atoms with Crippen molar-refractivity contribution >= 4 is 11.7 Å². The van der Waals surface area contributed by atoms with E-state index in [-0.39, 0.29) is 59.9 Å². The lowest BCUT2D eigenvalue weighted by molar-refractivity contribution is -0.139. The third kappa shape index (κ3) is 4.94. The number of amides is 1. The molecule has 0 bridgehead atoms. The van der Waals surface area contributed by atoms with Gasteiger partial charge in [-0.05, 0) is 62.5 Å². The number of Topliss-reactive ketones (excluding diaryl/α,β-unsaturated/α-hetero) is 1. The Bertz CT molecular complexity index is 1570. The fourth-order valence-electron chi connectivity index (χ4n) is 7.39. The van der Waals surface area contributed by atoms with Gasteiger partial charge in [0.1, 0.15) is 22.9 Å². The van der Waals surface area contributed by atoms with Crippen molar-refractivity contribution in [2.45, 2.75) is 56.6 Å². The number of phenols is 1. The molecule has 3 aliphatic rings. The van der Waals surface area contributed by atoms with Gasteiger partial charge in [-0.25, -0.2) is 0 Å². The number of hydrogen-bond donors (Lipinski definition) is 5. The molecule has 12 heteroatoms. The van der Waals surface area contributed by atoms with Crippen LogP contribution in [0, 0.1) is 11.8 Å². The van der Waals surface area contributed by atoms with Crippen molar-refractivity contribution in [1.82, 2.24) is 10.2 Å². The van der Waals surface area contributed by atoms with Gasteiger partial charge in [0.05, 0.1) is 22.7 Å². The van der Waals surface area contributed by atoms with Crippen molar-refractivity contribution in [2.75, 3.05) is 21.2 Å². The van der Waals surface area contributed by atoms with E-state index in [0.717, 1.165) is 11.6 Å². The molecule has 1 unspecified atom stereocenters. The number of nitrogens with two attached hydrogens (primary N) is 1. The molecule has 0 heterocycles. The van der Waals surface area contributed by atoms with E-state index in [4.69, 9.17) is 10.5 Å². The van der Waals surface area contributed by atoms with E-state index in [1.165, 1.54) is 7.11 Å². The van der Waals surface area contributed by atoms with E-state index in [2.05, 4.69) is 5.32 Å². The smallest absolute Gasteiger partial charge is 0.417 e. The molecule has 0 fully saturated rings. The fourth-order valence-corrected chi connectivity index (χ4v) is 7.39. The molecule has 0 saturated carbocycles. The number of phenolic OH excluding ortho intramolecular Hbond substituents is 1. The van der Waals surface area contributed by atoms with Crippen LogP contribution in [0.1, 0.15) is 58.4 Å². The number of carbonyl (C=O) groups is 2. The molecule has 6 N–H and O–H groups in total. The Morgan fingerprint density at radius 1 is 1.20 bits per heavy atom. The van der Waals surface area contributed by atoms with Crippen LogP contribution < -0.4 is 11.1 Å². The molecule has 5 atom stereocenters. The summed E-state index contributed by atoms with van der Waals surface area (Å²) in [5, 5.41) is 36.9. The Hall–Kier alpha value is -3.87. The molecule has 0 aromatic heterocycles. The second-order valence-electron chi connectivity index (χ2n) is 12.0. The maximum atomic E-state index is 14.8. The lowest BCUT2D eigenvalue weighted by atomic mass is 9.58. The van der Waals surface area contributed by atoms with Gasteiger partial charge in [0, 0.05) is 37.6 Å². The first-order valence-corrected chi connectivity index (χ1v) is 14.3. The zero-order chi connectivity index (χ0) is 32.3. The Kier molecular flexibility index (Phi) is 8.06. The summed E-state index contributed by atoms with van der Waals surface area (Å²) >= 11 is 0. The highest BCUT2D eigenvalue weighted by Gasteiger charge is 2.60. The number of likely N-dealkylation sites (N-methyl/N-ethyl adjacent to an activating group) is 1. The SMILES string of the molecule is CO[C@@]12CC(C(N)=O)=C(O)[C@@H](N(C)C)[C@@H]1C[C@@H]1Cc3c(c(O)cc(CNC(C)c4ccccc4)c3C(F)(F)F)C(=O)C1=C2O. The van der Waals surface area contributed by atoms with E-state index >= 15 is 0 Å². The molecule has 3 aliphatic carbocycles. The van der Waals surface area contributed by atoms with Crippen LogP contribution in [0.25, 0.3) is 0 Å². The number of aromatic hydroxyl groups is 1. The number of nitrogens with zero attached hydrogens (tertiary/aromatic N) is 1. The average Bonchev–Trinajstić information content (AvgIpc) is 2.95. The van der Waals surface area contributed by atoms with Gasteiger partial charge in [-0.1, -0.05) is 30.3 Å². The number of nitrogens with one attached hydrogen (secondary N) is 1. The second kappa shape index (κ2) is 11.2. The van der Waals surface area contributed by atoms with Crippen LogP contribution in [-0.4, -0.2) is 64.8 Å². The molecule has 44 heavy (non-hydrogen) atoms. The number of methoxy groups -OCH3 is 1. The zero-order valence-corrected chi connectivity index (χ0v) is 24.8. The second-order valence-corrected chi connectivity index (χ2v) is 12.0. The predicted molar refractivity (Wildman–Crippen MR) is 155 cm³/mol. The van der Waals surface area contributed by atoms with E-state index < -0.39 is 64.0 Å². The maximum absolute atomic E-state index is 14.8. The van der Waals surface area contributed by atoms with Gasteiger partial charge >= 0.3 is 6.18 Å². The van der Waals surface area contributed by atoms with Crippen LogP contribution in [-0.2, 0) is 28.7 Å². The molecule has 0 spiro atoms. The van der Waals surface area contributed by atoms with Crippen LogP contribution in [0.3, 0.4) is 0 Å². The number of aliphatic hydroxyl groups excluding tert-OH is 2. The topological polar surface area (TPSA) is 145 Å². The van der Waals surface area contributed by atoms with E-state index in [1.54, 1.807) is 19.0 Å². The number of hydrogen-bond acceptors (Lipinski definition) is 8. The maximum Gasteiger partial charge on any atom is 0.417 e. The number of halogens is 3. The summed E-state index contributed by atoms with van der Waals surface area (Å²) in [7, 11) is 4.56. The molecular formula is C32H36F3N3O6. The lowest BCUT2D eigenvalue weighted by Crippen LogP contribution is -2.60. The standard InChI is InChI=1S/C32H36F3N3O6/c1-15(16-8-6-5-7-9-16)37-14-18-12-22(39)24-19(25(18)32(33,34)35)10-17-11-21-26(38(2)3)27(40)20(30(36)43)13-31(21,44-4)29(42)23(17)28(24)41/h5-9,12,15,17,21,26,37,39-40,42H,10-11,13-14H2,1-4H3,(H2,36,43)/t15?,17-,21-,26-,31-/m0/s1. The highest BCUT2D eigenvalue weighted by atomic mass is 19.4. The summed E-state index contributed by atoms with van der Waals surface area (Å²) in [5.74, 6) is -4.99. The predicted octanol–water partition coefficient (Wildman–Crippen LogP) is 4.47. The molecular weight excluding hydrogens is 579 g/mol. The summed E-state index contributed by atoms with van der Waals surface area (Å²) in [6.07, 6.45) is -5.45. The lowest BCUT2D eigenvalue weighted by Gasteiger charge is -2.53. The van der Waals surface area contributed by atoms with Gasteiger partial charge in [-0.15, -0.1) is 0 Å². The van der Waals surface area contributed by atoms with Gasteiger partial charge in [-0.3, -0.25) is 14.5 Å². The molecule has 236 valence electrons. The quantitative estimate of drug-likeness (QED) is 0.307. The zero-order valence-electron chi connectivity index (χ0n) is 24.8. The van der Waals surface area contributed by atoms with Crippen molar-refractivity contribution in [3.8, 4) is 5.75 Å². The summed E-state index contributed by atoms with van der Waals surface area (Å²) < 4.78 is 50.1. The number of rotatable bonds is 7. The molecule has 9 nitrogen and oxygen atoms in total. The van der Waals surface area contributed by atoms with Gasteiger partial charge < -0.3 is 31.1 Å². The fraction of sp³-hybridized carbons (Fsp3) is 0.438. The monoisotopic (exact) mass is 615 g/mol. The van der Waals surface area contributed by atoms with Gasteiger partial charge in [0.2, 0.25) is 5.91 Å². The van der Waals surface area contributed by atoms with E-state index in [9.17, 15) is 38.1 Å². The molecule has 0 radical (unpaired) electrons. The van der Waals surface area contributed by atoms with Crippen LogP contribution in [0.15, 0.2) is 59.1 Å². The van der Waals surface area contributed by atoms with Crippen LogP contribution in [0.5, 0.6) is 5.75 Å². The largest absolute Gasteiger partial charge is 0.510 e. The minimum Gasteiger partial charge on any atom is -0.510 e. The van der Waals surface area contributed by atoms with E-state index in [1.807, 2.05) is 37.3 Å². The molecule has 2 aromatic carbocycles. The minimum atomic E-state index is -4.85. The van der Waals surface area contributed by atoms with Crippen molar-refractivity contribution in [2.24, 2.45) is 17.6 Å². The molecule has 1 amide bonds. The molecule has 0 aliphatic heterocycles. The minimum absolute atomic E-state index is 0.0446. The third-order valence-corrected chi connectivity index (χ3v) is 9.43. The Balaban J connectivity index is 1.63. The first kappa shape index (κ1) is 31.6. The third-order valence-electron chi connectivity index (χ3n) is 9.43. The van der Waals surface area contributed by atoms with Crippen LogP contribution in [0.2, 0.25) is 0 Å². The van der Waals surface area contributed by atoms with Crippen molar-refractivity contribution in [3.63, 3.8) is 0 Å². The summed E-state index contributed by atoms with van der Waals surface area (Å²) in [6, 6.07) is 8.94. The summed E-state index contributed by atoms with van der Waals surface area (Å²) in [4.78, 5) is 27.9. The van der Waals surface area contributed by atoms with Gasteiger partial charge in [-0.2, -0.15) is 13.2 Å². The Morgan fingerprint density at radius 2 is 1.86 bits per heavy atom. The number of primary amides is 1. The Morgan fingerprint density at radius 3 is 2.43 bits per heavy atom. The number of allylic oxidation sites excluding steroid dienone is 1. The number of ketones is 1. The van der Waals surface area contributed by atoms with E-state index in [0.29, 0.717) is 0 Å². The van der Waals surface area contributed by atoms with Gasteiger partial charge in [0.25, 0.3) is 0 Å². The summed E-state index contributed by atoms with van der Waals surface area (Å²) in [5.41, 5.74) is 2.33. The molecule has 0 saturated heterocycles. The molecule has 5 rings (SSSR count). The van der Waals surface area contributed by atoms with Crippen LogP contribution >= 0.6 is 0 Å². The first-order valence-electron chi connectivity index (χ1n) is 14.3. The number of fused-ring (bicyclic) bond motifs is 3. The Labute approximate surface area is 252 Å². The number of ether oxygens (including phenoxy) is 1. The number of benzene rings is 2. The van der Waals surface area contributed by atoms with Crippen LogP contribution in [0.4, 0.5) is 13.2 Å². The van der Waals surface area contributed by atoms with Crippen molar-refractivity contribution in [3.05, 3.63) is 86.9 Å². The summed E-state index contributed by atoms with van der Waals surface area (Å²) in [6.45, 7) is 1.58. The van der Waals surface area contributed by atoms with Crippen molar-refractivity contribution in [1.29, 1.82) is 0 Å². The normalized spacial score (nSPS) is 25.9. The number of carbonyl (C=O) groups excluding carboxylic acids is 2. The average molecular weight is 616 g/mol.